The van der Waals surface area contributed by atoms with Gasteiger partial charge in [-0.1, -0.05) is 18.2 Å². The van der Waals surface area contributed by atoms with Crippen LogP contribution in [0.1, 0.15) is 34.3 Å². The number of aryl methyl sites for hydroxylation is 1. The Kier molecular flexibility index (Phi) is 5.03. The van der Waals surface area contributed by atoms with Crippen molar-refractivity contribution in [2.24, 2.45) is 0 Å². The Bertz CT molecular complexity index is 797. The molecule has 0 radical (unpaired) electrons. The lowest BCUT2D eigenvalue weighted by atomic mass is 10.1. The Morgan fingerprint density at radius 2 is 1.84 bits per heavy atom. The number of benzene rings is 2. The van der Waals surface area contributed by atoms with E-state index in [9.17, 15) is 9.59 Å². The second kappa shape index (κ2) is 7.38. The van der Waals surface area contributed by atoms with Crippen LogP contribution in [0.15, 0.2) is 42.5 Å². The van der Waals surface area contributed by atoms with Crippen LogP contribution in [-0.2, 0) is 4.79 Å². The van der Waals surface area contributed by atoms with Crippen molar-refractivity contribution in [1.29, 1.82) is 0 Å². The van der Waals surface area contributed by atoms with Crippen LogP contribution in [0.5, 0.6) is 0 Å². The van der Waals surface area contributed by atoms with Crippen molar-refractivity contribution in [2.75, 3.05) is 17.2 Å². The van der Waals surface area contributed by atoms with Crippen molar-refractivity contribution in [2.45, 2.75) is 32.7 Å². The number of carbonyl (C=O) groups is 2. The number of anilines is 2. The monoisotopic (exact) mass is 337 g/mol. The van der Waals surface area contributed by atoms with Gasteiger partial charge in [-0.3, -0.25) is 9.59 Å². The first-order valence-corrected chi connectivity index (χ1v) is 8.54. The van der Waals surface area contributed by atoms with Crippen LogP contribution in [0, 0.1) is 13.8 Å². The SMILES string of the molecule is Cc1cccc(NCC(=O)Nc2cccc(C(=O)NC3CC3)c2)c1C. The first-order valence-electron chi connectivity index (χ1n) is 8.54. The highest BCUT2D eigenvalue weighted by Gasteiger charge is 2.23. The molecule has 0 atom stereocenters. The van der Waals surface area contributed by atoms with Gasteiger partial charge < -0.3 is 16.0 Å². The number of hydrogen-bond acceptors (Lipinski definition) is 3. The largest absolute Gasteiger partial charge is 0.376 e. The topological polar surface area (TPSA) is 70.2 Å². The summed E-state index contributed by atoms with van der Waals surface area (Å²) in [5, 5.41) is 8.93. The maximum Gasteiger partial charge on any atom is 0.251 e. The minimum atomic E-state index is -0.152. The molecule has 1 fully saturated rings. The number of amides is 2. The number of rotatable bonds is 6. The Morgan fingerprint density at radius 3 is 2.60 bits per heavy atom. The van der Waals surface area contributed by atoms with Gasteiger partial charge in [0.15, 0.2) is 0 Å². The molecule has 2 aromatic carbocycles. The number of carbonyl (C=O) groups excluding carboxylic acids is 2. The molecular formula is C20H23N3O2. The summed E-state index contributed by atoms with van der Waals surface area (Å²) in [6.07, 6.45) is 2.10. The van der Waals surface area contributed by atoms with Crippen molar-refractivity contribution in [3.63, 3.8) is 0 Å². The third kappa shape index (κ3) is 4.59. The second-order valence-electron chi connectivity index (χ2n) is 6.48. The minimum Gasteiger partial charge on any atom is -0.376 e. The van der Waals surface area contributed by atoms with Gasteiger partial charge in [0.05, 0.1) is 6.54 Å². The fraction of sp³-hybridized carbons (Fsp3) is 0.300. The summed E-state index contributed by atoms with van der Waals surface area (Å²) in [7, 11) is 0. The molecule has 1 saturated carbocycles. The van der Waals surface area contributed by atoms with Gasteiger partial charge >= 0.3 is 0 Å². The Labute approximate surface area is 147 Å². The molecule has 0 heterocycles. The lowest BCUT2D eigenvalue weighted by Crippen LogP contribution is -2.26. The molecule has 0 aromatic heterocycles. The van der Waals surface area contributed by atoms with Crippen molar-refractivity contribution < 1.29 is 9.59 Å². The zero-order chi connectivity index (χ0) is 17.8. The van der Waals surface area contributed by atoms with E-state index in [0.29, 0.717) is 17.3 Å². The van der Waals surface area contributed by atoms with Crippen LogP contribution >= 0.6 is 0 Å². The predicted molar refractivity (Wildman–Crippen MR) is 100.0 cm³/mol. The minimum absolute atomic E-state index is 0.0906. The summed E-state index contributed by atoms with van der Waals surface area (Å²) in [4.78, 5) is 24.3. The smallest absolute Gasteiger partial charge is 0.251 e. The summed E-state index contributed by atoms with van der Waals surface area (Å²) in [5.41, 5.74) is 4.45. The molecule has 0 unspecified atom stereocenters. The zero-order valence-corrected chi connectivity index (χ0v) is 14.6. The average Bonchev–Trinajstić information content (AvgIpc) is 3.40. The van der Waals surface area contributed by atoms with Crippen LogP contribution in [-0.4, -0.2) is 24.4 Å². The highest BCUT2D eigenvalue weighted by molar-refractivity contribution is 5.98. The van der Waals surface area contributed by atoms with Crippen molar-refractivity contribution in [3.8, 4) is 0 Å². The van der Waals surface area contributed by atoms with Crippen LogP contribution in [0.3, 0.4) is 0 Å². The zero-order valence-electron chi connectivity index (χ0n) is 14.6. The van der Waals surface area contributed by atoms with Gasteiger partial charge in [-0.25, -0.2) is 0 Å². The second-order valence-corrected chi connectivity index (χ2v) is 6.48. The molecule has 0 bridgehead atoms. The molecule has 0 saturated heterocycles. The summed E-state index contributed by atoms with van der Waals surface area (Å²) in [6.45, 7) is 4.24. The van der Waals surface area contributed by atoms with E-state index in [0.717, 1.165) is 24.1 Å². The van der Waals surface area contributed by atoms with Gasteiger partial charge in [0.2, 0.25) is 5.91 Å². The van der Waals surface area contributed by atoms with E-state index < -0.39 is 0 Å². The molecule has 5 nitrogen and oxygen atoms in total. The number of nitrogens with one attached hydrogen (secondary N) is 3. The van der Waals surface area contributed by atoms with Gasteiger partial charge in [-0.2, -0.15) is 0 Å². The Morgan fingerprint density at radius 1 is 1.08 bits per heavy atom. The molecule has 1 aliphatic carbocycles. The van der Waals surface area contributed by atoms with Crippen LogP contribution in [0.25, 0.3) is 0 Å². The van der Waals surface area contributed by atoms with Crippen molar-refractivity contribution in [1.82, 2.24) is 5.32 Å². The summed E-state index contributed by atoms with van der Waals surface area (Å²) < 4.78 is 0. The first-order chi connectivity index (χ1) is 12.0. The molecule has 1 aliphatic rings. The summed E-state index contributed by atoms with van der Waals surface area (Å²) in [6, 6.07) is 13.3. The predicted octanol–water partition coefficient (Wildman–Crippen LogP) is 3.25. The molecular weight excluding hydrogens is 314 g/mol. The maximum atomic E-state index is 12.2. The van der Waals surface area contributed by atoms with E-state index in [-0.39, 0.29) is 18.4 Å². The van der Waals surface area contributed by atoms with Gasteiger partial charge in [-0.05, 0) is 62.1 Å². The van der Waals surface area contributed by atoms with Gasteiger partial charge in [0.1, 0.15) is 0 Å². The fourth-order valence-electron chi connectivity index (χ4n) is 2.56. The average molecular weight is 337 g/mol. The lowest BCUT2D eigenvalue weighted by Gasteiger charge is -2.12. The number of hydrogen-bond donors (Lipinski definition) is 3. The molecule has 3 N–H and O–H groups in total. The Balaban J connectivity index is 1.57. The van der Waals surface area contributed by atoms with E-state index in [4.69, 9.17) is 0 Å². The first kappa shape index (κ1) is 17.0. The standard InChI is InChI=1S/C20H23N3O2/c1-13-5-3-8-18(14(13)2)21-12-19(24)22-17-7-4-6-15(11-17)20(25)23-16-9-10-16/h3-8,11,16,21H,9-10,12H2,1-2H3,(H,22,24)(H,23,25). The highest BCUT2D eigenvalue weighted by Crippen LogP contribution is 2.20. The van der Waals surface area contributed by atoms with E-state index in [1.54, 1.807) is 24.3 Å². The van der Waals surface area contributed by atoms with Crippen LogP contribution < -0.4 is 16.0 Å². The molecule has 0 aliphatic heterocycles. The molecule has 0 spiro atoms. The third-order valence-electron chi connectivity index (χ3n) is 4.37. The summed E-state index contributed by atoms with van der Waals surface area (Å²) >= 11 is 0. The van der Waals surface area contributed by atoms with Gasteiger partial charge in [-0.15, -0.1) is 0 Å². The normalized spacial score (nSPS) is 13.2. The van der Waals surface area contributed by atoms with E-state index in [1.165, 1.54) is 5.56 Å². The van der Waals surface area contributed by atoms with E-state index in [1.807, 2.05) is 32.0 Å². The molecule has 25 heavy (non-hydrogen) atoms. The maximum absolute atomic E-state index is 12.2. The highest BCUT2D eigenvalue weighted by atomic mass is 16.2. The quantitative estimate of drug-likeness (QED) is 0.758. The summed E-state index contributed by atoms with van der Waals surface area (Å²) in [5.74, 6) is -0.243. The van der Waals surface area contributed by atoms with Gasteiger partial charge in [0.25, 0.3) is 5.91 Å². The van der Waals surface area contributed by atoms with E-state index >= 15 is 0 Å². The van der Waals surface area contributed by atoms with Crippen molar-refractivity contribution in [3.05, 3.63) is 59.2 Å². The van der Waals surface area contributed by atoms with Crippen LogP contribution in [0.2, 0.25) is 0 Å². The Hall–Kier alpha value is -2.82. The van der Waals surface area contributed by atoms with Crippen molar-refractivity contribution >= 4 is 23.2 Å². The van der Waals surface area contributed by atoms with Gasteiger partial charge in [0, 0.05) is 23.0 Å². The molecule has 2 amide bonds. The molecule has 130 valence electrons. The lowest BCUT2D eigenvalue weighted by molar-refractivity contribution is -0.114. The van der Waals surface area contributed by atoms with E-state index in [2.05, 4.69) is 16.0 Å². The molecule has 5 heteroatoms. The fourth-order valence-corrected chi connectivity index (χ4v) is 2.56. The third-order valence-corrected chi connectivity index (χ3v) is 4.37. The molecule has 3 rings (SSSR count). The van der Waals surface area contributed by atoms with Crippen LogP contribution in [0.4, 0.5) is 11.4 Å². The molecule has 2 aromatic rings.